The fraction of sp³-hybridized carbons (Fsp3) is 0.857. The molecule has 1 rings (SSSR count). The average molecular weight is 185 g/mol. The molecule has 0 aromatic carbocycles. The number of tetrazole rings is 1. The van der Waals surface area contributed by atoms with Crippen LogP contribution in [-0.4, -0.2) is 37.5 Å². The third kappa shape index (κ3) is 3.47. The summed E-state index contributed by atoms with van der Waals surface area (Å²) in [5.74, 6) is 1.03. The highest BCUT2D eigenvalue weighted by Crippen LogP contribution is 1.96. The smallest absolute Gasteiger partial charge is 0.191 e. The number of hydrogen-bond donors (Lipinski definition) is 1. The van der Waals surface area contributed by atoms with E-state index in [1.54, 1.807) is 11.8 Å². The van der Waals surface area contributed by atoms with Crippen molar-refractivity contribution in [2.75, 3.05) is 7.05 Å². The standard InChI is InChI=1S/C7H15N5O/c1-6(2)4-12-9-7(8-10-12)5-11(3)13/h6,13H,4-5H2,1-3H3. The van der Waals surface area contributed by atoms with Gasteiger partial charge in [0.05, 0.1) is 13.1 Å². The number of nitrogens with zero attached hydrogens (tertiary/aromatic N) is 5. The van der Waals surface area contributed by atoms with E-state index in [2.05, 4.69) is 29.3 Å². The zero-order valence-electron chi connectivity index (χ0n) is 8.17. The van der Waals surface area contributed by atoms with Crippen LogP contribution in [0.25, 0.3) is 0 Å². The van der Waals surface area contributed by atoms with E-state index in [0.29, 0.717) is 18.3 Å². The summed E-state index contributed by atoms with van der Waals surface area (Å²) >= 11 is 0. The van der Waals surface area contributed by atoms with Gasteiger partial charge in [-0.2, -0.15) is 9.86 Å². The Hall–Kier alpha value is -1.01. The van der Waals surface area contributed by atoms with E-state index >= 15 is 0 Å². The molecule has 0 saturated heterocycles. The van der Waals surface area contributed by atoms with Gasteiger partial charge in [-0.05, 0) is 11.1 Å². The highest BCUT2D eigenvalue weighted by atomic mass is 16.5. The van der Waals surface area contributed by atoms with Gasteiger partial charge in [-0.1, -0.05) is 13.8 Å². The second-order valence-electron chi connectivity index (χ2n) is 3.47. The molecule has 0 aliphatic carbocycles. The normalized spacial score (nSPS) is 11.5. The summed E-state index contributed by atoms with van der Waals surface area (Å²) in [7, 11) is 1.54. The van der Waals surface area contributed by atoms with E-state index in [-0.39, 0.29) is 0 Å². The fourth-order valence-corrected chi connectivity index (χ4v) is 0.948. The summed E-state index contributed by atoms with van der Waals surface area (Å²) in [6.07, 6.45) is 0. The molecule has 0 bridgehead atoms. The van der Waals surface area contributed by atoms with Crippen LogP contribution in [0.3, 0.4) is 0 Å². The predicted molar refractivity (Wildman–Crippen MR) is 45.9 cm³/mol. The molecule has 13 heavy (non-hydrogen) atoms. The van der Waals surface area contributed by atoms with E-state index in [9.17, 15) is 0 Å². The van der Waals surface area contributed by atoms with Gasteiger partial charge in [-0.3, -0.25) is 0 Å². The minimum absolute atomic E-state index is 0.304. The lowest BCUT2D eigenvalue weighted by atomic mass is 10.2. The molecular formula is C7H15N5O. The molecule has 6 nitrogen and oxygen atoms in total. The van der Waals surface area contributed by atoms with Crippen molar-refractivity contribution >= 4 is 0 Å². The van der Waals surface area contributed by atoms with Gasteiger partial charge in [-0.25, -0.2) is 0 Å². The first-order valence-corrected chi connectivity index (χ1v) is 4.24. The molecule has 1 N–H and O–H groups in total. The molecule has 74 valence electrons. The number of aromatic nitrogens is 4. The first-order chi connectivity index (χ1) is 6.08. The first-order valence-electron chi connectivity index (χ1n) is 4.24. The molecule has 1 aromatic heterocycles. The van der Waals surface area contributed by atoms with Gasteiger partial charge in [0, 0.05) is 7.05 Å². The Balaban J connectivity index is 2.53. The Morgan fingerprint density at radius 2 is 2.23 bits per heavy atom. The molecular weight excluding hydrogens is 170 g/mol. The van der Waals surface area contributed by atoms with Crippen molar-refractivity contribution in [2.24, 2.45) is 5.92 Å². The van der Waals surface area contributed by atoms with Crippen LogP contribution in [0.2, 0.25) is 0 Å². The quantitative estimate of drug-likeness (QED) is 0.676. The summed E-state index contributed by atoms with van der Waals surface area (Å²) in [6, 6.07) is 0. The van der Waals surface area contributed by atoms with Gasteiger partial charge >= 0.3 is 0 Å². The highest BCUT2D eigenvalue weighted by molar-refractivity contribution is 4.73. The fourth-order valence-electron chi connectivity index (χ4n) is 0.948. The molecule has 1 heterocycles. The summed E-state index contributed by atoms with van der Waals surface area (Å²) in [4.78, 5) is 1.55. The zero-order valence-corrected chi connectivity index (χ0v) is 8.17. The van der Waals surface area contributed by atoms with E-state index < -0.39 is 0 Å². The molecule has 0 aliphatic heterocycles. The lowest BCUT2D eigenvalue weighted by Crippen LogP contribution is -2.13. The Kier molecular flexibility index (Phi) is 3.32. The van der Waals surface area contributed by atoms with Gasteiger partial charge in [0.25, 0.3) is 0 Å². The van der Waals surface area contributed by atoms with E-state index in [4.69, 9.17) is 5.21 Å². The molecule has 1 aromatic rings. The van der Waals surface area contributed by atoms with Gasteiger partial charge in [-0.15, -0.1) is 10.2 Å². The van der Waals surface area contributed by atoms with Crippen LogP contribution in [0, 0.1) is 5.92 Å². The van der Waals surface area contributed by atoms with E-state index in [1.165, 1.54) is 0 Å². The summed E-state index contributed by atoms with van der Waals surface area (Å²) in [6.45, 7) is 5.22. The first kappa shape index (κ1) is 10.1. The minimum Gasteiger partial charge on any atom is -0.314 e. The predicted octanol–water partition coefficient (Wildman–Crippen LogP) is 0.150. The van der Waals surface area contributed by atoms with Crippen molar-refractivity contribution in [2.45, 2.75) is 26.9 Å². The maximum Gasteiger partial charge on any atom is 0.191 e. The van der Waals surface area contributed by atoms with Crippen molar-refractivity contribution in [3.63, 3.8) is 0 Å². The number of rotatable bonds is 4. The third-order valence-electron chi connectivity index (χ3n) is 1.39. The highest BCUT2D eigenvalue weighted by Gasteiger charge is 2.05. The SMILES string of the molecule is CC(C)Cn1nnc(CN(C)O)n1. The molecule has 6 heteroatoms. The maximum absolute atomic E-state index is 8.91. The molecule has 0 fully saturated rings. The van der Waals surface area contributed by atoms with Crippen molar-refractivity contribution in [1.82, 2.24) is 25.3 Å². The van der Waals surface area contributed by atoms with Crippen molar-refractivity contribution in [3.8, 4) is 0 Å². The van der Waals surface area contributed by atoms with Crippen LogP contribution in [-0.2, 0) is 13.1 Å². The van der Waals surface area contributed by atoms with Gasteiger partial charge in [0.1, 0.15) is 0 Å². The Morgan fingerprint density at radius 3 is 2.77 bits per heavy atom. The molecule has 0 aliphatic rings. The molecule has 0 saturated carbocycles. The third-order valence-corrected chi connectivity index (χ3v) is 1.39. The van der Waals surface area contributed by atoms with Crippen LogP contribution in [0.15, 0.2) is 0 Å². The van der Waals surface area contributed by atoms with Gasteiger partial charge in [0.15, 0.2) is 5.82 Å². The molecule has 0 unspecified atom stereocenters. The monoisotopic (exact) mass is 185 g/mol. The lowest BCUT2D eigenvalue weighted by molar-refractivity contribution is -0.0751. The van der Waals surface area contributed by atoms with E-state index in [0.717, 1.165) is 11.6 Å². The minimum atomic E-state index is 0.304. The Bertz CT molecular complexity index is 233. The van der Waals surface area contributed by atoms with Gasteiger partial charge < -0.3 is 5.21 Å². The molecule has 0 spiro atoms. The molecule has 0 radical (unpaired) electrons. The van der Waals surface area contributed by atoms with Crippen LogP contribution in [0.1, 0.15) is 19.7 Å². The summed E-state index contributed by atoms with van der Waals surface area (Å²) < 4.78 is 0. The van der Waals surface area contributed by atoms with Crippen molar-refractivity contribution in [1.29, 1.82) is 0 Å². The number of hydroxylamine groups is 2. The molecule has 0 atom stereocenters. The zero-order chi connectivity index (χ0) is 9.84. The average Bonchev–Trinajstić information content (AvgIpc) is 2.33. The second kappa shape index (κ2) is 4.29. The Labute approximate surface area is 77.1 Å². The summed E-state index contributed by atoms with van der Waals surface area (Å²) in [5.41, 5.74) is 0. The second-order valence-corrected chi connectivity index (χ2v) is 3.47. The maximum atomic E-state index is 8.91. The van der Waals surface area contributed by atoms with Crippen LogP contribution >= 0.6 is 0 Å². The summed E-state index contributed by atoms with van der Waals surface area (Å²) in [5, 5.41) is 21.7. The van der Waals surface area contributed by atoms with Crippen LogP contribution in [0.5, 0.6) is 0 Å². The number of hydrogen-bond acceptors (Lipinski definition) is 5. The van der Waals surface area contributed by atoms with E-state index in [1.807, 2.05) is 0 Å². The Morgan fingerprint density at radius 1 is 1.54 bits per heavy atom. The van der Waals surface area contributed by atoms with Crippen molar-refractivity contribution in [3.05, 3.63) is 5.82 Å². The van der Waals surface area contributed by atoms with Crippen LogP contribution in [0.4, 0.5) is 0 Å². The largest absolute Gasteiger partial charge is 0.314 e. The topological polar surface area (TPSA) is 67.1 Å². The van der Waals surface area contributed by atoms with Crippen LogP contribution < -0.4 is 0 Å². The van der Waals surface area contributed by atoms with Gasteiger partial charge in [0.2, 0.25) is 0 Å². The lowest BCUT2D eigenvalue weighted by Gasteiger charge is -2.02. The van der Waals surface area contributed by atoms with Crippen molar-refractivity contribution < 1.29 is 5.21 Å². The molecule has 0 amide bonds.